The van der Waals surface area contributed by atoms with Crippen molar-refractivity contribution < 1.29 is 10.2 Å². The summed E-state index contributed by atoms with van der Waals surface area (Å²) in [6, 6.07) is 3.10. The van der Waals surface area contributed by atoms with Crippen molar-refractivity contribution in [3.8, 4) is 11.5 Å². The number of hydrogen-bond acceptors (Lipinski definition) is 4. The predicted octanol–water partition coefficient (Wildman–Crippen LogP) is 2.72. The van der Waals surface area contributed by atoms with Crippen LogP contribution in [0.15, 0.2) is 23.1 Å². The summed E-state index contributed by atoms with van der Waals surface area (Å²) >= 11 is 2.14. The number of aromatic hydroxyl groups is 2. The van der Waals surface area contributed by atoms with Crippen LogP contribution in [-0.2, 0) is 0 Å². The van der Waals surface area contributed by atoms with Crippen molar-refractivity contribution in [2.45, 2.75) is 6.92 Å². The second-order valence-corrected chi connectivity index (χ2v) is 4.98. The van der Waals surface area contributed by atoms with Gasteiger partial charge in [0.25, 0.3) is 0 Å². The lowest BCUT2D eigenvalue weighted by Gasteiger charge is -2.06. The molecule has 0 spiro atoms. The maximum atomic E-state index is 9.58. The summed E-state index contributed by atoms with van der Waals surface area (Å²) in [5.74, 6) is 0.0827. The Balaban J connectivity index is 3.17. The molecule has 0 aliphatic carbocycles. The number of hydrogen-bond donors (Lipinski definition) is 3. The van der Waals surface area contributed by atoms with Crippen LogP contribution < -0.4 is 5.73 Å². The molecule has 0 saturated carbocycles. The third-order valence-corrected chi connectivity index (χ3v) is 3.18. The van der Waals surface area contributed by atoms with Crippen LogP contribution in [0.2, 0.25) is 0 Å². The van der Waals surface area contributed by atoms with E-state index in [9.17, 15) is 10.2 Å². The lowest BCUT2D eigenvalue weighted by Crippen LogP contribution is -1.91. The molecule has 0 bridgehead atoms. The molecule has 0 aliphatic heterocycles. The van der Waals surface area contributed by atoms with Crippen LogP contribution in [-0.4, -0.2) is 16.4 Å². The average molecular weight is 350 g/mol. The smallest absolute Gasteiger partial charge is 0.122 e. The molecule has 0 amide bonds. The minimum Gasteiger partial charge on any atom is -0.508 e. The van der Waals surface area contributed by atoms with E-state index >= 15 is 0 Å². The Morgan fingerprint density at radius 2 is 2.00 bits per heavy atom. The van der Waals surface area contributed by atoms with E-state index in [0.717, 1.165) is 0 Å². The van der Waals surface area contributed by atoms with Crippen LogP contribution >= 0.6 is 28.4 Å². The van der Waals surface area contributed by atoms with Crippen molar-refractivity contribution in [1.82, 2.24) is 0 Å². The summed E-state index contributed by atoms with van der Waals surface area (Å²) in [5, 5.41) is 19.2. The Hall–Kier alpha value is -0.810. The number of halogens is 1. The third-order valence-electron chi connectivity index (χ3n) is 2.12. The van der Waals surface area contributed by atoms with Crippen molar-refractivity contribution in [3.63, 3.8) is 0 Å². The van der Waals surface area contributed by atoms with Crippen LogP contribution in [0.4, 0.5) is 0 Å². The first-order valence-corrected chi connectivity index (χ1v) is 8.49. The minimum atomic E-state index is 0.0414. The zero-order valence-electron chi connectivity index (χ0n) is 8.61. The molecular formula is C10H12IN2O2P. The van der Waals surface area contributed by atoms with Crippen LogP contribution in [0.3, 0.4) is 0 Å². The lowest BCUT2D eigenvalue weighted by atomic mass is 10.0. The molecule has 4 N–H and O–H groups in total. The maximum absolute atomic E-state index is 9.58. The fraction of sp³-hybridized carbons (Fsp3) is 0.100. The minimum absolute atomic E-state index is 0.0414. The van der Waals surface area contributed by atoms with E-state index in [0.29, 0.717) is 23.1 Å². The summed E-state index contributed by atoms with van der Waals surface area (Å²) in [5.41, 5.74) is 7.22. The zero-order chi connectivity index (χ0) is 12.1. The molecule has 0 aliphatic rings. The summed E-state index contributed by atoms with van der Waals surface area (Å²) in [6.45, 7) is 1.64. The molecule has 1 atom stereocenters. The van der Waals surface area contributed by atoms with Gasteiger partial charge >= 0.3 is 0 Å². The number of benzene rings is 1. The van der Waals surface area contributed by atoms with Crippen molar-refractivity contribution in [2.75, 3.05) is 0 Å². The van der Waals surface area contributed by atoms with Gasteiger partial charge in [-0.05, 0) is 46.7 Å². The number of allylic oxidation sites excluding steroid dienone is 1. The van der Waals surface area contributed by atoms with Gasteiger partial charge < -0.3 is 15.9 Å². The Kier molecular flexibility index (Phi) is 5.02. The van der Waals surface area contributed by atoms with Gasteiger partial charge in [0.05, 0.1) is 6.37 Å². The van der Waals surface area contributed by atoms with E-state index < -0.39 is 0 Å². The van der Waals surface area contributed by atoms with Crippen molar-refractivity contribution in [2.24, 2.45) is 10.5 Å². The quantitative estimate of drug-likeness (QED) is 0.446. The normalized spacial score (nSPS) is 13.0. The van der Waals surface area contributed by atoms with Gasteiger partial charge in [-0.25, -0.2) is 0 Å². The van der Waals surface area contributed by atoms with Crippen molar-refractivity contribution in [3.05, 3.63) is 29.5 Å². The van der Waals surface area contributed by atoms with Gasteiger partial charge in [-0.3, -0.25) is 4.76 Å². The molecule has 1 rings (SSSR count). The molecule has 0 fully saturated rings. The summed E-state index contributed by atoms with van der Waals surface area (Å²) in [4.78, 5) is 0. The Labute approximate surface area is 109 Å². The highest BCUT2D eigenvalue weighted by Gasteiger charge is 2.07. The molecule has 6 heteroatoms. The number of phenols is 2. The van der Waals surface area contributed by atoms with E-state index in [4.69, 9.17) is 5.73 Å². The van der Waals surface area contributed by atoms with E-state index in [1.807, 2.05) is 0 Å². The molecule has 86 valence electrons. The molecule has 1 unspecified atom stereocenters. The van der Waals surface area contributed by atoms with Crippen LogP contribution in [0, 0.1) is 6.92 Å². The van der Waals surface area contributed by atoms with Crippen molar-refractivity contribution >= 4 is 40.2 Å². The second kappa shape index (κ2) is 6.06. The monoisotopic (exact) mass is 350 g/mol. The number of nitrogens with zero attached hydrogens (tertiary/aromatic N) is 1. The third kappa shape index (κ3) is 3.09. The highest BCUT2D eigenvalue weighted by atomic mass is 127. The molecule has 1 aromatic carbocycles. The molecule has 4 nitrogen and oxygen atoms in total. The maximum Gasteiger partial charge on any atom is 0.122 e. The highest BCUT2D eigenvalue weighted by Crippen LogP contribution is 2.30. The molecule has 16 heavy (non-hydrogen) atoms. The van der Waals surface area contributed by atoms with Gasteiger partial charge in [0.1, 0.15) is 11.5 Å². The standard InChI is InChI=1S/C10H12IN2O2P/c1-6-9(14)2-7(3-10(6)15)8(4-12)5-13-16-11/h2-5,14-16H,12H2,1H3. The average Bonchev–Trinajstić information content (AvgIpc) is 2.26. The number of phenolic OH excluding ortho intramolecular Hbond substituents is 2. The number of rotatable bonds is 3. The van der Waals surface area contributed by atoms with Gasteiger partial charge in [0.2, 0.25) is 0 Å². The Morgan fingerprint density at radius 1 is 1.44 bits per heavy atom. The van der Waals surface area contributed by atoms with Crippen molar-refractivity contribution in [1.29, 1.82) is 0 Å². The molecule has 0 aromatic heterocycles. The zero-order valence-corrected chi connectivity index (χ0v) is 11.8. The largest absolute Gasteiger partial charge is 0.508 e. The number of nitrogens with two attached hydrogens (primary N) is 1. The fourth-order valence-corrected chi connectivity index (χ4v) is 1.76. The molecule has 1 aromatic rings. The van der Waals surface area contributed by atoms with Gasteiger partial charge in [0.15, 0.2) is 0 Å². The SMILES string of the molecule is Cc1c(O)cc(C(C=NPI)=CN)cc1O. The summed E-state index contributed by atoms with van der Waals surface area (Å²) in [7, 11) is 0. The fourth-order valence-electron chi connectivity index (χ4n) is 1.16. The summed E-state index contributed by atoms with van der Waals surface area (Å²) in [6.07, 6.45) is 3.42. The summed E-state index contributed by atoms with van der Waals surface area (Å²) < 4.78 is 4.08. The molecular weight excluding hydrogens is 338 g/mol. The topological polar surface area (TPSA) is 78.8 Å². The van der Waals surface area contributed by atoms with Crippen LogP contribution in [0.1, 0.15) is 11.1 Å². The molecule has 0 heterocycles. The van der Waals surface area contributed by atoms with E-state index in [2.05, 4.69) is 26.8 Å². The predicted molar refractivity (Wildman–Crippen MR) is 77.5 cm³/mol. The van der Waals surface area contributed by atoms with Gasteiger partial charge in [-0.2, -0.15) is 0 Å². The second-order valence-electron chi connectivity index (χ2n) is 3.10. The highest BCUT2D eigenvalue weighted by molar-refractivity contribution is 14.2. The Morgan fingerprint density at radius 3 is 2.44 bits per heavy atom. The van der Waals surface area contributed by atoms with E-state index in [1.54, 1.807) is 25.3 Å². The van der Waals surface area contributed by atoms with Crippen LogP contribution in [0.25, 0.3) is 5.57 Å². The van der Waals surface area contributed by atoms with Gasteiger partial charge in [0, 0.05) is 23.6 Å². The molecule has 0 saturated heterocycles. The first kappa shape index (κ1) is 13.3. The van der Waals surface area contributed by atoms with Crippen LogP contribution in [0.5, 0.6) is 11.5 Å². The van der Waals surface area contributed by atoms with E-state index in [-0.39, 0.29) is 11.5 Å². The first-order chi connectivity index (χ1) is 7.60. The molecule has 0 radical (unpaired) electrons. The van der Waals surface area contributed by atoms with Gasteiger partial charge in [-0.15, -0.1) is 0 Å². The lowest BCUT2D eigenvalue weighted by molar-refractivity contribution is 0.443. The van der Waals surface area contributed by atoms with Gasteiger partial charge in [-0.1, -0.05) is 0 Å². The van der Waals surface area contributed by atoms with E-state index in [1.165, 1.54) is 6.20 Å². The first-order valence-electron chi connectivity index (χ1n) is 4.43. The Bertz CT molecular complexity index is 423.